The van der Waals surface area contributed by atoms with Crippen molar-refractivity contribution in [2.45, 2.75) is 31.3 Å². The molecule has 0 radical (unpaired) electrons. The highest BCUT2D eigenvalue weighted by Gasteiger charge is 2.12. The molecule has 29 heavy (non-hydrogen) atoms. The summed E-state index contributed by atoms with van der Waals surface area (Å²) < 4.78 is 6.92. The lowest BCUT2D eigenvalue weighted by molar-refractivity contribution is -0.115. The molecule has 2 aromatic carbocycles. The van der Waals surface area contributed by atoms with Crippen LogP contribution in [-0.4, -0.2) is 39.0 Å². The van der Waals surface area contributed by atoms with Gasteiger partial charge in [0.2, 0.25) is 11.1 Å². The summed E-state index contributed by atoms with van der Waals surface area (Å²) >= 11 is 7.42. The van der Waals surface area contributed by atoms with E-state index >= 15 is 0 Å². The van der Waals surface area contributed by atoms with Gasteiger partial charge in [0.25, 0.3) is 0 Å². The Bertz CT molecular complexity index is 975. The van der Waals surface area contributed by atoms with Crippen molar-refractivity contribution in [2.75, 3.05) is 18.2 Å². The maximum Gasteiger partial charge on any atom is 0.225 e. The Balaban J connectivity index is 1.58. The predicted octanol–water partition coefficient (Wildman–Crippen LogP) is 4.57. The Morgan fingerprint density at radius 3 is 2.69 bits per heavy atom. The number of carbonyl (C=O) groups is 1. The van der Waals surface area contributed by atoms with E-state index < -0.39 is 0 Å². The van der Waals surface area contributed by atoms with Crippen LogP contribution in [0.25, 0.3) is 5.69 Å². The number of thioether (sulfide) groups is 1. The minimum Gasteiger partial charge on any atom is -0.495 e. The van der Waals surface area contributed by atoms with E-state index in [1.165, 1.54) is 17.3 Å². The SMILES string of the molecule is COc1ccc(Cl)cc1NC(=O)CCSc1nnnn1-c1ccc(C(C)C)cc1. The third-order valence-corrected chi connectivity index (χ3v) is 5.40. The van der Waals surface area contributed by atoms with E-state index in [-0.39, 0.29) is 5.91 Å². The van der Waals surface area contributed by atoms with Gasteiger partial charge in [-0.05, 0) is 52.2 Å². The molecule has 9 heteroatoms. The third kappa shape index (κ3) is 5.48. The third-order valence-electron chi connectivity index (χ3n) is 4.24. The molecule has 0 bridgehead atoms. The fourth-order valence-electron chi connectivity index (χ4n) is 2.66. The second kappa shape index (κ2) is 9.76. The highest BCUT2D eigenvalue weighted by Crippen LogP contribution is 2.28. The van der Waals surface area contributed by atoms with Crippen LogP contribution >= 0.6 is 23.4 Å². The molecule has 1 aromatic heterocycles. The number of benzene rings is 2. The molecule has 1 N–H and O–H groups in total. The maximum absolute atomic E-state index is 12.3. The molecule has 3 aromatic rings. The average Bonchev–Trinajstić information content (AvgIpc) is 3.17. The lowest BCUT2D eigenvalue weighted by Crippen LogP contribution is -2.13. The van der Waals surface area contributed by atoms with E-state index in [4.69, 9.17) is 16.3 Å². The van der Waals surface area contributed by atoms with Crippen molar-refractivity contribution >= 4 is 35.0 Å². The van der Waals surface area contributed by atoms with E-state index in [1.807, 2.05) is 12.1 Å². The molecule has 7 nitrogen and oxygen atoms in total. The smallest absolute Gasteiger partial charge is 0.225 e. The fourth-order valence-corrected chi connectivity index (χ4v) is 3.66. The van der Waals surface area contributed by atoms with Crippen LogP contribution in [0.5, 0.6) is 5.75 Å². The molecule has 0 aliphatic rings. The first-order chi connectivity index (χ1) is 14.0. The molecule has 0 saturated carbocycles. The molecule has 0 spiro atoms. The van der Waals surface area contributed by atoms with Gasteiger partial charge in [-0.3, -0.25) is 4.79 Å². The minimum absolute atomic E-state index is 0.140. The number of methoxy groups -OCH3 is 1. The molecule has 152 valence electrons. The molecule has 0 unspecified atom stereocenters. The van der Waals surface area contributed by atoms with Crippen molar-refractivity contribution in [3.63, 3.8) is 0 Å². The Kier molecular flexibility index (Phi) is 7.11. The first-order valence-corrected chi connectivity index (χ1v) is 10.5. The van der Waals surface area contributed by atoms with Gasteiger partial charge in [0.15, 0.2) is 0 Å². The summed E-state index contributed by atoms with van der Waals surface area (Å²) in [6, 6.07) is 13.2. The number of tetrazole rings is 1. The average molecular weight is 432 g/mol. The van der Waals surface area contributed by atoms with Crippen LogP contribution in [-0.2, 0) is 4.79 Å². The van der Waals surface area contributed by atoms with Crippen LogP contribution in [0.3, 0.4) is 0 Å². The molecule has 0 saturated heterocycles. The number of rotatable bonds is 8. The van der Waals surface area contributed by atoms with Crippen molar-refractivity contribution < 1.29 is 9.53 Å². The lowest BCUT2D eigenvalue weighted by atomic mass is 10.0. The Morgan fingerprint density at radius 1 is 1.24 bits per heavy atom. The Morgan fingerprint density at radius 2 is 2.00 bits per heavy atom. The topological polar surface area (TPSA) is 81.9 Å². The van der Waals surface area contributed by atoms with Crippen LogP contribution in [0.1, 0.15) is 31.7 Å². The van der Waals surface area contributed by atoms with Gasteiger partial charge in [-0.15, -0.1) is 5.10 Å². The van der Waals surface area contributed by atoms with Gasteiger partial charge in [0.1, 0.15) is 5.75 Å². The first-order valence-electron chi connectivity index (χ1n) is 9.13. The zero-order valence-corrected chi connectivity index (χ0v) is 18.0. The summed E-state index contributed by atoms with van der Waals surface area (Å²) in [6.45, 7) is 4.30. The van der Waals surface area contributed by atoms with E-state index in [2.05, 4.69) is 46.8 Å². The second-order valence-corrected chi connectivity index (χ2v) is 8.11. The molecular weight excluding hydrogens is 410 g/mol. The molecule has 0 atom stereocenters. The fraction of sp³-hybridized carbons (Fsp3) is 0.300. The number of hydrogen-bond donors (Lipinski definition) is 1. The quantitative estimate of drug-likeness (QED) is 0.526. The van der Waals surface area contributed by atoms with Gasteiger partial charge < -0.3 is 10.1 Å². The number of amides is 1. The van der Waals surface area contributed by atoms with Gasteiger partial charge in [-0.2, -0.15) is 4.68 Å². The molecular formula is C20H22ClN5O2S. The van der Waals surface area contributed by atoms with Crippen LogP contribution in [0, 0.1) is 0 Å². The van der Waals surface area contributed by atoms with E-state index in [9.17, 15) is 4.79 Å². The van der Waals surface area contributed by atoms with Crippen LogP contribution in [0.2, 0.25) is 5.02 Å². The van der Waals surface area contributed by atoms with Gasteiger partial charge >= 0.3 is 0 Å². The molecule has 0 aliphatic heterocycles. The molecule has 1 heterocycles. The van der Waals surface area contributed by atoms with Crippen molar-refractivity contribution in [3.8, 4) is 11.4 Å². The number of ether oxygens (including phenoxy) is 1. The van der Waals surface area contributed by atoms with E-state index in [1.54, 1.807) is 30.0 Å². The van der Waals surface area contributed by atoms with Crippen LogP contribution in [0.4, 0.5) is 5.69 Å². The van der Waals surface area contributed by atoms with Crippen LogP contribution in [0.15, 0.2) is 47.6 Å². The zero-order valence-electron chi connectivity index (χ0n) is 16.4. The number of halogens is 1. The number of hydrogen-bond acceptors (Lipinski definition) is 6. The maximum atomic E-state index is 12.3. The normalized spacial score (nSPS) is 10.9. The summed E-state index contributed by atoms with van der Waals surface area (Å²) in [5, 5.41) is 15.9. The van der Waals surface area contributed by atoms with Crippen LogP contribution < -0.4 is 10.1 Å². The lowest BCUT2D eigenvalue weighted by Gasteiger charge is -2.10. The van der Waals surface area contributed by atoms with Crippen molar-refractivity contribution in [2.24, 2.45) is 0 Å². The largest absolute Gasteiger partial charge is 0.495 e. The highest BCUT2D eigenvalue weighted by atomic mass is 35.5. The van der Waals surface area contributed by atoms with E-state index in [0.29, 0.717) is 39.7 Å². The number of nitrogens with one attached hydrogen (secondary N) is 1. The van der Waals surface area contributed by atoms with Crippen molar-refractivity contribution in [3.05, 3.63) is 53.1 Å². The summed E-state index contributed by atoms with van der Waals surface area (Å²) in [4.78, 5) is 12.3. The number of aromatic nitrogens is 4. The molecule has 3 rings (SSSR count). The zero-order chi connectivity index (χ0) is 20.8. The summed E-state index contributed by atoms with van der Waals surface area (Å²) in [5.41, 5.74) is 2.68. The second-order valence-electron chi connectivity index (χ2n) is 6.61. The molecule has 0 aliphatic carbocycles. The van der Waals surface area contributed by atoms with Crippen molar-refractivity contribution in [1.29, 1.82) is 0 Å². The number of nitrogens with zero attached hydrogens (tertiary/aromatic N) is 4. The van der Waals surface area contributed by atoms with E-state index in [0.717, 1.165) is 5.69 Å². The number of carbonyl (C=O) groups excluding carboxylic acids is 1. The molecule has 1 amide bonds. The van der Waals surface area contributed by atoms with Gasteiger partial charge in [-0.25, -0.2) is 0 Å². The van der Waals surface area contributed by atoms with Crippen molar-refractivity contribution in [1.82, 2.24) is 20.2 Å². The summed E-state index contributed by atoms with van der Waals surface area (Å²) in [7, 11) is 1.54. The van der Waals surface area contributed by atoms with Gasteiger partial charge in [-0.1, -0.05) is 49.3 Å². The first kappa shape index (κ1) is 21.1. The predicted molar refractivity (Wildman–Crippen MR) is 115 cm³/mol. The Hall–Kier alpha value is -2.58. The summed E-state index contributed by atoms with van der Waals surface area (Å²) in [6.07, 6.45) is 0.291. The molecule has 0 fully saturated rings. The number of anilines is 1. The standard InChI is InChI=1S/C20H22ClN5O2S/c1-13(2)14-4-7-16(8-5-14)26-20(23-24-25-26)29-11-10-19(27)22-17-12-15(21)6-9-18(17)28-3/h4-9,12-13H,10-11H2,1-3H3,(H,22,27). The van der Waals surface area contributed by atoms with Gasteiger partial charge in [0.05, 0.1) is 18.5 Å². The highest BCUT2D eigenvalue weighted by molar-refractivity contribution is 7.99. The van der Waals surface area contributed by atoms with Gasteiger partial charge in [0, 0.05) is 17.2 Å². The monoisotopic (exact) mass is 431 g/mol. The Labute approximate surface area is 178 Å². The minimum atomic E-state index is -0.140. The summed E-state index contributed by atoms with van der Waals surface area (Å²) in [5.74, 6) is 1.41.